The second-order valence-electron chi connectivity index (χ2n) is 7.94. The van der Waals surface area contributed by atoms with Gasteiger partial charge in [0.05, 0.1) is 24.5 Å². The van der Waals surface area contributed by atoms with Gasteiger partial charge in [-0.15, -0.1) is 0 Å². The molecule has 0 bridgehead atoms. The average Bonchev–Trinajstić information content (AvgIpc) is 3.25. The molecular formula is C24H26N6O. The second kappa shape index (κ2) is 8.45. The number of hydrogen-bond acceptors (Lipinski definition) is 6. The van der Waals surface area contributed by atoms with Gasteiger partial charge in [0.25, 0.3) is 0 Å². The Morgan fingerprint density at radius 3 is 2.74 bits per heavy atom. The first kappa shape index (κ1) is 19.7. The highest BCUT2D eigenvalue weighted by Gasteiger charge is 2.28. The van der Waals surface area contributed by atoms with Gasteiger partial charge in [0, 0.05) is 62.1 Å². The minimum atomic E-state index is 0.224. The summed E-state index contributed by atoms with van der Waals surface area (Å²) in [4.78, 5) is 18.3. The summed E-state index contributed by atoms with van der Waals surface area (Å²) in [5.74, 6) is 0.702. The SMILES string of the molecule is COc1ncccc1CN1CCN(C)[C@@H](c2cn3c(-c4ccncc4)cccc3n2)C1. The summed E-state index contributed by atoms with van der Waals surface area (Å²) in [6.45, 7) is 3.71. The van der Waals surface area contributed by atoms with Gasteiger partial charge in [-0.2, -0.15) is 0 Å². The molecule has 0 radical (unpaired) electrons. The number of aromatic nitrogens is 4. The van der Waals surface area contributed by atoms with Crippen LogP contribution < -0.4 is 4.74 Å². The number of nitrogens with zero attached hydrogens (tertiary/aromatic N) is 6. The minimum absolute atomic E-state index is 0.224. The number of fused-ring (bicyclic) bond motifs is 1. The van der Waals surface area contributed by atoms with Crippen LogP contribution in [0.5, 0.6) is 5.88 Å². The van der Waals surface area contributed by atoms with Crippen LogP contribution in [-0.2, 0) is 6.54 Å². The van der Waals surface area contributed by atoms with E-state index >= 15 is 0 Å². The van der Waals surface area contributed by atoms with Gasteiger partial charge in [-0.3, -0.25) is 19.2 Å². The number of ether oxygens (including phenoxy) is 1. The summed E-state index contributed by atoms with van der Waals surface area (Å²) in [6.07, 6.45) is 7.60. The third-order valence-electron chi connectivity index (χ3n) is 6.00. The maximum absolute atomic E-state index is 5.45. The zero-order valence-electron chi connectivity index (χ0n) is 17.8. The smallest absolute Gasteiger partial charge is 0.217 e. The number of rotatable bonds is 5. The van der Waals surface area contributed by atoms with E-state index in [0.717, 1.165) is 54.3 Å². The molecule has 0 saturated carbocycles. The van der Waals surface area contributed by atoms with Gasteiger partial charge >= 0.3 is 0 Å². The maximum atomic E-state index is 5.45. The van der Waals surface area contributed by atoms with Crippen molar-refractivity contribution in [3.05, 3.63) is 78.5 Å². The topological polar surface area (TPSA) is 58.8 Å². The summed E-state index contributed by atoms with van der Waals surface area (Å²) in [5.41, 5.74) is 5.42. The Labute approximate surface area is 182 Å². The number of hydrogen-bond donors (Lipinski definition) is 0. The molecule has 1 fully saturated rings. The van der Waals surface area contributed by atoms with Crippen molar-refractivity contribution < 1.29 is 4.74 Å². The molecule has 0 N–H and O–H groups in total. The minimum Gasteiger partial charge on any atom is -0.481 e. The van der Waals surface area contributed by atoms with E-state index in [1.165, 1.54) is 0 Å². The molecule has 4 aromatic rings. The molecule has 5 heterocycles. The Balaban J connectivity index is 1.43. The summed E-state index contributed by atoms with van der Waals surface area (Å²) in [6, 6.07) is 14.6. The lowest BCUT2D eigenvalue weighted by molar-refractivity contribution is 0.0878. The molecule has 1 aliphatic heterocycles. The molecular weight excluding hydrogens is 388 g/mol. The lowest BCUT2D eigenvalue weighted by atomic mass is 10.1. The molecule has 0 aliphatic carbocycles. The van der Waals surface area contributed by atoms with Crippen LogP contribution in [-0.4, -0.2) is 62.9 Å². The van der Waals surface area contributed by atoms with E-state index in [0.29, 0.717) is 5.88 Å². The highest BCUT2D eigenvalue weighted by atomic mass is 16.5. The van der Waals surface area contributed by atoms with Crippen molar-refractivity contribution in [1.82, 2.24) is 29.2 Å². The van der Waals surface area contributed by atoms with Crippen LogP contribution in [0.25, 0.3) is 16.9 Å². The molecule has 5 rings (SSSR count). The molecule has 0 spiro atoms. The second-order valence-corrected chi connectivity index (χ2v) is 7.94. The number of pyridine rings is 3. The van der Waals surface area contributed by atoms with Crippen LogP contribution in [0.2, 0.25) is 0 Å². The van der Waals surface area contributed by atoms with Crippen molar-refractivity contribution in [3.63, 3.8) is 0 Å². The number of likely N-dealkylation sites (N-methyl/N-ethyl adjacent to an activating group) is 1. The van der Waals surface area contributed by atoms with Crippen LogP contribution in [0.3, 0.4) is 0 Å². The largest absolute Gasteiger partial charge is 0.481 e. The standard InChI is InChI=1S/C24H26N6O/c1-28-13-14-29(15-19-5-4-10-26-24(19)31-2)17-22(28)20-16-30-21(6-3-7-23(30)27-20)18-8-11-25-12-9-18/h3-12,16,22H,13-15,17H2,1-2H3/t22-/m1/s1. The molecule has 31 heavy (non-hydrogen) atoms. The van der Waals surface area contributed by atoms with E-state index in [4.69, 9.17) is 9.72 Å². The summed E-state index contributed by atoms with van der Waals surface area (Å²) in [5, 5.41) is 0. The Kier molecular flexibility index (Phi) is 5.36. The Hall–Kier alpha value is -3.29. The first-order valence-electron chi connectivity index (χ1n) is 10.5. The Morgan fingerprint density at radius 2 is 1.90 bits per heavy atom. The summed E-state index contributed by atoms with van der Waals surface area (Å²) >= 11 is 0. The molecule has 1 atom stereocenters. The monoisotopic (exact) mass is 414 g/mol. The molecule has 1 saturated heterocycles. The average molecular weight is 415 g/mol. The fourth-order valence-corrected chi connectivity index (χ4v) is 4.31. The van der Waals surface area contributed by atoms with Crippen molar-refractivity contribution >= 4 is 5.65 Å². The zero-order chi connectivity index (χ0) is 21.2. The highest BCUT2D eigenvalue weighted by molar-refractivity contribution is 5.63. The fourth-order valence-electron chi connectivity index (χ4n) is 4.31. The van der Waals surface area contributed by atoms with Crippen LogP contribution in [0.15, 0.2) is 67.3 Å². The molecule has 7 heteroatoms. The molecule has 1 aliphatic rings. The maximum Gasteiger partial charge on any atom is 0.217 e. The van der Waals surface area contributed by atoms with Gasteiger partial charge in [-0.25, -0.2) is 9.97 Å². The quantitative estimate of drug-likeness (QED) is 0.500. The van der Waals surface area contributed by atoms with Crippen molar-refractivity contribution in [3.8, 4) is 17.1 Å². The number of imidazole rings is 1. The molecule has 0 unspecified atom stereocenters. The number of methoxy groups -OCH3 is 1. The normalized spacial score (nSPS) is 17.8. The lowest BCUT2D eigenvalue weighted by Crippen LogP contribution is -2.46. The van der Waals surface area contributed by atoms with Crippen molar-refractivity contribution in [1.29, 1.82) is 0 Å². The first-order chi connectivity index (χ1) is 15.2. The zero-order valence-corrected chi connectivity index (χ0v) is 17.8. The van der Waals surface area contributed by atoms with Crippen molar-refractivity contribution in [2.45, 2.75) is 12.6 Å². The van der Waals surface area contributed by atoms with Gasteiger partial charge < -0.3 is 4.74 Å². The van der Waals surface area contributed by atoms with Gasteiger partial charge in [-0.05, 0) is 37.4 Å². The lowest BCUT2D eigenvalue weighted by Gasteiger charge is -2.38. The molecule has 0 aromatic carbocycles. The Bertz CT molecular complexity index is 1180. The highest BCUT2D eigenvalue weighted by Crippen LogP contribution is 2.28. The van der Waals surface area contributed by atoms with Crippen LogP contribution in [0.1, 0.15) is 17.3 Å². The van der Waals surface area contributed by atoms with Gasteiger partial charge in [0.15, 0.2) is 0 Å². The van der Waals surface area contributed by atoms with Gasteiger partial charge in [0.1, 0.15) is 5.65 Å². The van der Waals surface area contributed by atoms with E-state index < -0.39 is 0 Å². The van der Waals surface area contributed by atoms with E-state index in [1.807, 2.05) is 30.6 Å². The third kappa shape index (κ3) is 3.89. The number of piperazine rings is 1. The van der Waals surface area contributed by atoms with E-state index in [2.05, 4.69) is 61.7 Å². The van der Waals surface area contributed by atoms with Crippen LogP contribution in [0, 0.1) is 0 Å². The molecule has 158 valence electrons. The van der Waals surface area contributed by atoms with E-state index in [9.17, 15) is 0 Å². The van der Waals surface area contributed by atoms with Crippen molar-refractivity contribution in [2.24, 2.45) is 0 Å². The Morgan fingerprint density at radius 1 is 1.03 bits per heavy atom. The predicted octanol–water partition coefficient (Wildman–Crippen LogP) is 3.29. The molecule has 4 aromatic heterocycles. The van der Waals surface area contributed by atoms with Crippen molar-refractivity contribution in [2.75, 3.05) is 33.8 Å². The first-order valence-corrected chi connectivity index (χ1v) is 10.5. The third-order valence-corrected chi connectivity index (χ3v) is 6.00. The summed E-state index contributed by atoms with van der Waals surface area (Å²) < 4.78 is 7.63. The molecule has 7 nitrogen and oxygen atoms in total. The fraction of sp³-hybridized carbons (Fsp3) is 0.292. The van der Waals surface area contributed by atoms with Crippen LogP contribution >= 0.6 is 0 Å². The summed E-state index contributed by atoms with van der Waals surface area (Å²) in [7, 11) is 3.86. The van der Waals surface area contributed by atoms with E-state index in [-0.39, 0.29) is 6.04 Å². The van der Waals surface area contributed by atoms with Gasteiger partial charge in [0.2, 0.25) is 5.88 Å². The van der Waals surface area contributed by atoms with E-state index in [1.54, 1.807) is 13.3 Å². The molecule has 0 amide bonds. The van der Waals surface area contributed by atoms with Crippen LogP contribution in [0.4, 0.5) is 0 Å². The predicted molar refractivity (Wildman–Crippen MR) is 120 cm³/mol. The van der Waals surface area contributed by atoms with Gasteiger partial charge in [-0.1, -0.05) is 12.1 Å².